The number of carbonyl (C=O) groups excluding carboxylic acids is 1. The zero-order valence-corrected chi connectivity index (χ0v) is 11.6. The lowest BCUT2D eigenvalue weighted by molar-refractivity contribution is -0.114. The molecule has 0 atom stereocenters. The fraction of sp³-hybridized carbons (Fsp3) is 0.0769. The van der Waals surface area contributed by atoms with Crippen molar-refractivity contribution < 1.29 is 4.79 Å². The van der Waals surface area contributed by atoms with Gasteiger partial charge in [0.1, 0.15) is 18.0 Å². The second kappa shape index (κ2) is 6.33. The summed E-state index contributed by atoms with van der Waals surface area (Å²) in [5, 5.41) is 14.3. The van der Waals surface area contributed by atoms with Gasteiger partial charge in [0, 0.05) is 23.1 Å². The van der Waals surface area contributed by atoms with Crippen molar-refractivity contribution in [2.75, 3.05) is 11.1 Å². The highest BCUT2D eigenvalue weighted by molar-refractivity contribution is 6.16. The molecule has 4 N–H and O–H groups in total. The van der Waals surface area contributed by atoms with Gasteiger partial charge in [-0.15, -0.1) is 0 Å². The third-order valence-corrected chi connectivity index (χ3v) is 2.74. The lowest BCUT2D eigenvalue weighted by Gasteiger charge is -2.09. The number of hydrogen-bond acceptors (Lipinski definition) is 6. The van der Waals surface area contributed by atoms with Crippen LogP contribution in [0.25, 0.3) is 10.4 Å². The molecular weight excluding hydrogens is 284 g/mol. The van der Waals surface area contributed by atoms with Crippen molar-refractivity contribution >= 4 is 28.9 Å². The van der Waals surface area contributed by atoms with Crippen LogP contribution < -0.4 is 11.1 Å². The van der Waals surface area contributed by atoms with Crippen LogP contribution in [-0.4, -0.2) is 21.6 Å². The zero-order chi connectivity index (χ0) is 16.1. The number of rotatable bonds is 4. The Hall–Kier alpha value is -3.45. The van der Waals surface area contributed by atoms with Gasteiger partial charge in [0.15, 0.2) is 0 Å². The van der Waals surface area contributed by atoms with E-state index in [-0.39, 0.29) is 28.8 Å². The van der Waals surface area contributed by atoms with E-state index in [9.17, 15) is 4.79 Å². The Bertz CT molecular complexity index is 777. The van der Waals surface area contributed by atoms with Gasteiger partial charge in [-0.3, -0.25) is 10.2 Å². The number of anilines is 2. The maximum Gasteiger partial charge on any atom is 0.221 e. The number of nitrogen functional groups attached to an aromatic ring is 1. The van der Waals surface area contributed by atoms with Gasteiger partial charge in [-0.2, -0.15) is 0 Å². The Morgan fingerprint density at radius 2 is 2.05 bits per heavy atom. The largest absolute Gasteiger partial charge is 0.383 e. The summed E-state index contributed by atoms with van der Waals surface area (Å²) in [5.41, 5.74) is 15.6. The molecule has 0 unspecified atom stereocenters. The summed E-state index contributed by atoms with van der Waals surface area (Å²) in [6.07, 6.45) is 1.16. The normalized spacial score (nSPS) is 9.68. The molecule has 0 aliphatic heterocycles. The molecule has 22 heavy (non-hydrogen) atoms. The average molecular weight is 296 g/mol. The van der Waals surface area contributed by atoms with Gasteiger partial charge in [-0.05, 0) is 22.8 Å². The lowest BCUT2D eigenvalue weighted by Crippen LogP contribution is -2.09. The molecule has 9 nitrogen and oxygen atoms in total. The molecule has 2 rings (SSSR count). The predicted molar refractivity (Wildman–Crippen MR) is 81.9 cm³/mol. The number of carbonyl (C=O) groups is 1. The van der Waals surface area contributed by atoms with Crippen molar-refractivity contribution in [3.05, 3.63) is 52.2 Å². The van der Waals surface area contributed by atoms with Gasteiger partial charge in [0.25, 0.3) is 0 Å². The van der Waals surface area contributed by atoms with Crippen LogP contribution in [0.3, 0.4) is 0 Å². The van der Waals surface area contributed by atoms with Gasteiger partial charge >= 0.3 is 0 Å². The molecule has 1 aromatic carbocycles. The monoisotopic (exact) mass is 296 g/mol. The van der Waals surface area contributed by atoms with E-state index in [0.717, 1.165) is 6.33 Å². The van der Waals surface area contributed by atoms with Crippen LogP contribution in [0.4, 0.5) is 17.3 Å². The van der Waals surface area contributed by atoms with Crippen molar-refractivity contribution in [1.82, 2.24) is 9.97 Å². The van der Waals surface area contributed by atoms with Crippen LogP contribution in [0, 0.1) is 5.41 Å². The van der Waals surface area contributed by atoms with E-state index in [4.69, 9.17) is 16.7 Å². The van der Waals surface area contributed by atoms with E-state index in [1.807, 2.05) is 0 Å². The number of benzene rings is 1. The second-order valence-corrected chi connectivity index (χ2v) is 4.28. The predicted octanol–water partition coefficient (Wildman–Crippen LogP) is 2.38. The van der Waals surface area contributed by atoms with Gasteiger partial charge in [0.2, 0.25) is 5.91 Å². The Morgan fingerprint density at radius 1 is 1.36 bits per heavy atom. The molecule has 9 heteroatoms. The molecule has 0 aliphatic rings. The Balaban J connectivity index is 2.40. The number of aromatic nitrogens is 2. The fourth-order valence-corrected chi connectivity index (χ4v) is 1.82. The molecule has 0 spiro atoms. The smallest absolute Gasteiger partial charge is 0.221 e. The molecular formula is C13H12N8O. The molecule has 0 saturated carbocycles. The van der Waals surface area contributed by atoms with E-state index in [1.165, 1.54) is 6.92 Å². The summed E-state index contributed by atoms with van der Waals surface area (Å²) in [5.74, 6) is -0.145. The van der Waals surface area contributed by atoms with Crippen LogP contribution in [0.5, 0.6) is 0 Å². The minimum absolute atomic E-state index is 0.00839. The number of azide groups is 1. The van der Waals surface area contributed by atoms with Crippen LogP contribution in [0.15, 0.2) is 35.7 Å². The zero-order valence-electron chi connectivity index (χ0n) is 11.6. The van der Waals surface area contributed by atoms with E-state index < -0.39 is 0 Å². The van der Waals surface area contributed by atoms with Crippen LogP contribution in [-0.2, 0) is 4.79 Å². The third kappa shape index (κ3) is 3.17. The van der Waals surface area contributed by atoms with Crippen molar-refractivity contribution in [3.63, 3.8) is 0 Å². The Morgan fingerprint density at radius 3 is 2.64 bits per heavy atom. The molecule has 1 heterocycles. The molecule has 0 aliphatic carbocycles. The highest BCUT2D eigenvalue weighted by Gasteiger charge is 2.15. The number of nitrogens with two attached hydrogens (primary N) is 1. The van der Waals surface area contributed by atoms with Gasteiger partial charge < -0.3 is 11.1 Å². The molecule has 0 saturated heterocycles. The van der Waals surface area contributed by atoms with Gasteiger partial charge in [-0.25, -0.2) is 9.97 Å². The highest BCUT2D eigenvalue weighted by atomic mass is 16.1. The second-order valence-electron chi connectivity index (χ2n) is 4.28. The summed E-state index contributed by atoms with van der Waals surface area (Å²) in [6.45, 7) is 1.41. The summed E-state index contributed by atoms with van der Waals surface area (Å²) < 4.78 is 0. The van der Waals surface area contributed by atoms with E-state index in [0.29, 0.717) is 11.3 Å². The first-order valence-electron chi connectivity index (χ1n) is 6.15. The quantitative estimate of drug-likeness (QED) is 0.343. The maximum atomic E-state index is 11.0. The number of amides is 1. The molecule has 1 amide bonds. The lowest BCUT2D eigenvalue weighted by atomic mass is 10.0. The molecule has 2 aromatic rings. The number of nitrogens with zero attached hydrogens (tertiary/aromatic N) is 5. The summed E-state index contributed by atoms with van der Waals surface area (Å²) >= 11 is 0. The summed E-state index contributed by atoms with van der Waals surface area (Å²) in [7, 11) is 0. The minimum Gasteiger partial charge on any atom is -0.383 e. The fourth-order valence-electron chi connectivity index (χ4n) is 1.82. The van der Waals surface area contributed by atoms with Crippen LogP contribution >= 0.6 is 0 Å². The van der Waals surface area contributed by atoms with E-state index in [1.54, 1.807) is 24.3 Å². The standard InChI is InChI=1S/C13H12N8O/c1-7(22)19-9-4-2-8(3-5-9)11(14)10-12(15)17-6-18-13(10)20-21-16/h2-6,14H,1H3,(H,19,22)(H2,15,17,18). The van der Waals surface area contributed by atoms with Gasteiger partial charge in [0.05, 0.1) is 11.3 Å². The Labute approximate surface area is 125 Å². The van der Waals surface area contributed by atoms with E-state index in [2.05, 4.69) is 25.3 Å². The first kappa shape index (κ1) is 14.9. The molecule has 0 radical (unpaired) electrons. The molecule has 0 fully saturated rings. The topological polar surface area (TPSA) is 154 Å². The summed E-state index contributed by atoms with van der Waals surface area (Å²) in [4.78, 5) is 21.3. The van der Waals surface area contributed by atoms with Crippen molar-refractivity contribution in [2.24, 2.45) is 5.11 Å². The Kier molecular flexibility index (Phi) is 4.30. The first-order valence-corrected chi connectivity index (χ1v) is 6.15. The SMILES string of the molecule is CC(=O)Nc1ccc(C(=N)c2c(N)ncnc2N=[N+]=[N-])cc1. The summed E-state index contributed by atoms with van der Waals surface area (Å²) in [6, 6.07) is 6.58. The first-order chi connectivity index (χ1) is 10.5. The minimum atomic E-state index is -0.186. The maximum absolute atomic E-state index is 11.0. The molecule has 1 aromatic heterocycles. The van der Waals surface area contributed by atoms with Crippen molar-refractivity contribution in [3.8, 4) is 0 Å². The van der Waals surface area contributed by atoms with Crippen LogP contribution in [0.2, 0.25) is 0 Å². The van der Waals surface area contributed by atoms with Crippen molar-refractivity contribution in [1.29, 1.82) is 5.41 Å². The van der Waals surface area contributed by atoms with Gasteiger partial charge in [-0.1, -0.05) is 12.1 Å². The highest BCUT2D eigenvalue weighted by Crippen LogP contribution is 2.24. The number of hydrogen-bond donors (Lipinski definition) is 3. The molecule has 110 valence electrons. The number of nitrogens with one attached hydrogen (secondary N) is 2. The van der Waals surface area contributed by atoms with Crippen molar-refractivity contribution in [2.45, 2.75) is 6.92 Å². The van der Waals surface area contributed by atoms with Crippen LogP contribution in [0.1, 0.15) is 18.1 Å². The molecule has 0 bridgehead atoms. The van der Waals surface area contributed by atoms with E-state index >= 15 is 0 Å². The third-order valence-electron chi connectivity index (χ3n) is 2.74. The average Bonchev–Trinajstić information content (AvgIpc) is 2.47.